The summed E-state index contributed by atoms with van der Waals surface area (Å²) in [5.41, 5.74) is 0.725. The highest BCUT2D eigenvalue weighted by atomic mass is 19.4. The fraction of sp³-hybridized carbons (Fsp3) is 0.333. The maximum Gasteiger partial charge on any atom is 0.471 e. The summed E-state index contributed by atoms with van der Waals surface area (Å²) in [7, 11) is 3.00. The third-order valence-corrected chi connectivity index (χ3v) is 5.20. The van der Waals surface area contributed by atoms with Gasteiger partial charge in [0.05, 0.1) is 19.8 Å². The highest BCUT2D eigenvalue weighted by Crippen LogP contribution is 2.32. The summed E-state index contributed by atoms with van der Waals surface area (Å²) in [5.74, 6) is -0.259. The van der Waals surface area contributed by atoms with Crippen LogP contribution in [0.4, 0.5) is 19.0 Å². The van der Waals surface area contributed by atoms with Crippen LogP contribution in [0, 0.1) is 0 Å². The predicted octanol–water partition coefficient (Wildman–Crippen LogP) is 3.13. The second kappa shape index (κ2) is 8.96. The van der Waals surface area contributed by atoms with Gasteiger partial charge in [-0.15, -0.1) is 0 Å². The number of carbonyl (C=O) groups is 1. The van der Waals surface area contributed by atoms with Crippen LogP contribution in [0.5, 0.6) is 11.5 Å². The van der Waals surface area contributed by atoms with Crippen LogP contribution in [-0.2, 0) is 6.18 Å². The van der Waals surface area contributed by atoms with E-state index < -0.39 is 12.1 Å². The number of para-hydroxylation sites is 1. The Morgan fingerprint density at radius 2 is 1.82 bits per heavy atom. The van der Waals surface area contributed by atoms with E-state index in [1.807, 2.05) is 4.90 Å². The molecule has 0 radical (unpaired) electrons. The number of carbonyl (C=O) groups excluding carboxylic acids is 1. The quantitative estimate of drug-likeness (QED) is 0.570. The molecule has 0 saturated carbocycles. The number of ether oxygens (including phenoxy) is 2. The van der Waals surface area contributed by atoms with Crippen LogP contribution >= 0.6 is 0 Å². The summed E-state index contributed by atoms with van der Waals surface area (Å²) in [6, 6.07) is 8.39. The molecule has 3 aromatic rings. The average molecular weight is 463 g/mol. The van der Waals surface area contributed by atoms with Gasteiger partial charge in [0.2, 0.25) is 5.82 Å². The lowest BCUT2D eigenvalue weighted by Crippen LogP contribution is -2.49. The lowest BCUT2D eigenvalue weighted by Gasteiger charge is -2.35. The van der Waals surface area contributed by atoms with Crippen LogP contribution in [0.1, 0.15) is 16.2 Å². The van der Waals surface area contributed by atoms with Gasteiger partial charge in [-0.25, -0.2) is 4.98 Å². The molecule has 1 fully saturated rings. The number of aromatic nitrogens is 3. The van der Waals surface area contributed by atoms with Crippen LogP contribution in [0.3, 0.4) is 0 Å². The first kappa shape index (κ1) is 22.4. The first-order chi connectivity index (χ1) is 15.8. The van der Waals surface area contributed by atoms with Crippen molar-refractivity contribution in [2.75, 3.05) is 45.3 Å². The lowest BCUT2D eigenvalue weighted by molar-refractivity contribution is -0.159. The Hall–Kier alpha value is -3.83. The van der Waals surface area contributed by atoms with E-state index in [0.717, 1.165) is 0 Å². The largest absolute Gasteiger partial charge is 0.493 e. The van der Waals surface area contributed by atoms with E-state index in [-0.39, 0.29) is 11.7 Å². The van der Waals surface area contributed by atoms with E-state index >= 15 is 0 Å². The van der Waals surface area contributed by atoms with E-state index in [9.17, 15) is 18.0 Å². The lowest BCUT2D eigenvalue weighted by atomic mass is 10.1. The number of halogens is 3. The van der Waals surface area contributed by atoms with Gasteiger partial charge in [0.1, 0.15) is 5.82 Å². The molecule has 33 heavy (non-hydrogen) atoms. The first-order valence-electron chi connectivity index (χ1n) is 9.94. The molecule has 1 aliphatic heterocycles. The Labute approximate surface area is 186 Å². The molecule has 4 rings (SSSR count). The number of alkyl halides is 3. The van der Waals surface area contributed by atoms with Gasteiger partial charge in [-0.2, -0.15) is 18.2 Å². The highest BCUT2D eigenvalue weighted by molar-refractivity contribution is 5.98. The minimum Gasteiger partial charge on any atom is -0.493 e. The maximum absolute atomic E-state index is 13.0. The minimum absolute atomic E-state index is 0.161. The topological polar surface area (TPSA) is 93.8 Å². The summed E-state index contributed by atoms with van der Waals surface area (Å²) in [5, 5.41) is 3.36. The predicted molar refractivity (Wildman–Crippen MR) is 110 cm³/mol. The standard InChI is InChI=1S/C21H20F3N5O4/c1-31-15-5-3-4-14(17(15)32-2)19(30)29-10-8-28(9-11-29)16-7-6-13(12-25-16)18-26-20(33-27-18)21(22,23)24/h3-7,12H,8-11H2,1-2H3. The molecule has 1 saturated heterocycles. The minimum atomic E-state index is -4.70. The van der Waals surface area contributed by atoms with Crippen molar-refractivity contribution in [3.05, 3.63) is 48.0 Å². The Bertz CT molecular complexity index is 1130. The van der Waals surface area contributed by atoms with E-state index in [2.05, 4.69) is 19.6 Å². The number of hydrogen-bond acceptors (Lipinski definition) is 8. The number of hydrogen-bond donors (Lipinski definition) is 0. The van der Waals surface area contributed by atoms with Crippen LogP contribution in [0.15, 0.2) is 41.1 Å². The third kappa shape index (κ3) is 4.54. The SMILES string of the molecule is COc1cccc(C(=O)N2CCN(c3ccc(-c4noc(C(F)(F)F)n4)cn3)CC2)c1OC. The number of amides is 1. The molecule has 9 nitrogen and oxygen atoms in total. The van der Waals surface area contributed by atoms with Gasteiger partial charge >= 0.3 is 12.1 Å². The van der Waals surface area contributed by atoms with Crippen LogP contribution in [-0.4, -0.2) is 66.3 Å². The normalized spacial score (nSPS) is 14.3. The molecular weight excluding hydrogens is 443 g/mol. The van der Waals surface area contributed by atoms with E-state index in [0.29, 0.717) is 54.6 Å². The molecule has 0 bridgehead atoms. The fourth-order valence-electron chi connectivity index (χ4n) is 3.53. The second-order valence-electron chi connectivity index (χ2n) is 7.15. The molecule has 0 N–H and O–H groups in total. The van der Waals surface area contributed by atoms with E-state index in [1.165, 1.54) is 20.4 Å². The Morgan fingerprint density at radius 1 is 1.06 bits per heavy atom. The summed E-state index contributed by atoms with van der Waals surface area (Å²) in [6.45, 7) is 1.99. The van der Waals surface area contributed by atoms with Crippen molar-refractivity contribution in [1.82, 2.24) is 20.0 Å². The molecule has 0 spiro atoms. The summed E-state index contributed by atoms with van der Waals surface area (Å²) in [4.78, 5) is 24.4. The zero-order valence-corrected chi connectivity index (χ0v) is 17.8. The van der Waals surface area contributed by atoms with E-state index in [4.69, 9.17) is 9.47 Å². The molecule has 2 aromatic heterocycles. The fourth-order valence-corrected chi connectivity index (χ4v) is 3.53. The molecule has 1 aromatic carbocycles. The van der Waals surface area contributed by atoms with Gasteiger partial charge in [0.15, 0.2) is 11.5 Å². The van der Waals surface area contributed by atoms with Crippen molar-refractivity contribution in [2.24, 2.45) is 0 Å². The maximum atomic E-state index is 13.0. The van der Waals surface area contributed by atoms with Gasteiger partial charge in [0.25, 0.3) is 5.91 Å². The van der Waals surface area contributed by atoms with Gasteiger partial charge in [-0.05, 0) is 24.3 Å². The summed E-state index contributed by atoms with van der Waals surface area (Å²) >= 11 is 0. The second-order valence-corrected chi connectivity index (χ2v) is 7.15. The molecule has 1 amide bonds. The molecule has 0 aliphatic carbocycles. The molecule has 12 heteroatoms. The van der Waals surface area contributed by atoms with Gasteiger partial charge in [-0.3, -0.25) is 4.79 Å². The number of methoxy groups -OCH3 is 2. The van der Waals surface area contributed by atoms with Crippen molar-refractivity contribution in [2.45, 2.75) is 6.18 Å². The van der Waals surface area contributed by atoms with Crippen LogP contribution < -0.4 is 14.4 Å². The molecule has 1 aliphatic rings. The third-order valence-electron chi connectivity index (χ3n) is 5.20. The van der Waals surface area contributed by atoms with Crippen LogP contribution in [0.2, 0.25) is 0 Å². The van der Waals surface area contributed by atoms with Gasteiger partial charge in [-0.1, -0.05) is 11.2 Å². The molecule has 174 valence electrons. The average Bonchev–Trinajstić information content (AvgIpc) is 3.34. The summed E-state index contributed by atoms with van der Waals surface area (Å²) in [6.07, 6.45) is -3.32. The summed E-state index contributed by atoms with van der Waals surface area (Å²) < 4.78 is 52.8. The smallest absolute Gasteiger partial charge is 0.471 e. The number of benzene rings is 1. The number of anilines is 1. The number of piperazine rings is 1. The van der Waals surface area contributed by atoms with Gasteiger partial charge < -0.3 is 23.8 Å². The monoisotopic (exact) mass is 463 g/mol. The first-order valence-corrected chi connectivity index (χ1v) is 9.94. The van der Waals surface area contributed by atoms with Crippen molar-refractivity contribution >= 4 is 11.7 Å². The van der Waals surface area contributed by atoms with E-state index in [1.54, 1.807) is 35.2 Å². The van der Waals surface area contributed by atoms with Crippen molar-refractivity contribution < 1.29 is 32.0 Å². The molecule has 0 atom stereocenters. The van der Waals surface area contributed by atoms with Crippen molar-refractivity contribution in [1.29, 1.82) is 0 Å². The Morgan fingerprint density at radius 3 is 2.39 bits per heavy atom. The van der Waals surface area contributed by atoms with Crippen molar-refractivity contribution in [3.8, 4) is 22.9 Å². The zero-order chi connectivity index (χ0) is 23.6. The Kier molecular flexibility index (Phi) is 6.07. The van der Waals surface area contributed by atoms with Gasteiger partial charge in [0, 0.05) is 37.9 Å². The molecule has 0 unspecified atom stereocenters. The van der Waals surface area contributed by atoms with Crippen LogP contribution in [0.25, 0.3) is 11.4 Å². The van der Waals surface area contributed by atoms with Crippen molar-refractivity contribution in [3.63, 3.8) is 0 Å². The molecular formula is C21H20F3N5O4. The number of pyridine rings is 1. The Balaban J connectivity index is 1.41. The highest BCUT2D eigenvalue weighted by Gasteiger charge is 2.38. The zero-order valence-electron chi connectivity index (χ0n) is 17.8. The molecule has 3 heterocycles. The number of rotatable bonds is 5. The number of nitrogens with zero attached hydrogens (tertiary/aromatic N) is 5.